The molecule has 0 saturated carbocycles. The zero-order valence-electron chi connectivity index (χ0n) is 12.0. The van der Waals surface area contributed by atoms with Crippen LogP contribution in [0.5, 0.6) is 0 Å². The summed E-state index contributed by atoms with van der Waals surface area (Å²) in [7, 11) is 0. The molecule has 2 rings (SSSR count). The van der Waals surface area contributed by atoms with Gasteiger partial charge in [-0.3, -0.25) is 4.79 Å². The van der Waals surface area contributed by atoms with Gasteiger partial charge in [-0.15, -0.1) is 11.8 Å². The topological polar surface area (TPSA) is 50.4 Å². The summed E-state index contributed by atoms with van der Waals surface area (Å²) < 4.78 is 5.67. The highest BCUT2D eigenvalue weighted by atomic mass is 32.2. The Labute approximate surface area is 120 Å². The number of nitrogens with one attached hydrogen (secondary N) is 2. The first-order chi connectivity index (χ1) is 9.05. The molecule has 1 amide bonds. The molecule has 2 N–H and O–H groups in total. The zero-order chi connectivity index (χ0) is 13.7. The van der Waals surface area contributed by atoms with Gasteiger partial charge in [0.05, 0.1) is 11.4 Å². The third-order valence-electron chi connectivity index (χ3n) is 3.80. The first kappa shape index (κ1) is 15.1. The molecule has 4 nitrogen and oxygen atoms in total. The lowest BCUT2D eigenvalue weighted by molar-refractivity contribution is -0.121. The van der Waals surface area contributed by atoms with Gasteiger partial charge in [-0.1, -0.05) is 0 Å². The quantitative estimate of drug-likeness (QED) is 0.823. The summed E-state index contributed by atoms with van der Waals surface area (Å²) in [6.07, 6.45) is 4.22. The van der Waals surface area contributed by atoms with Crippen molar-refractivity contribution >= 4 is 17.7 Å². The van der Waals surface area contributed by atoms with E-state index < -0.39 is 0 Å². The largest absolute Gasteiger partial charge is 0.375 e. The molecule has 0 aliphatic carbocycles. The molecule has 2 aliphatic heterocycles. The van der Waals surface area contributed by atoms with Gasteiger partial charge in [0, 0.05) is 17.9 Å². The Morgan fingerprint density at radius 3 is 2.79 bits per heavy atom. The molecule has 2 heterocycles. The van der Waals surface area contributed by atoms with Gasteiger partial charge in [-0.05, 0) is 52.6 Å². The second-order valence-electron chi connectivity index (χ2n) is 6.13. The molecule has 1 unspecified atom stereocenters. The summed E-state index contributed by atoms with van der Waals surface area (Å²) in [6, 6.07) is 0.282. The molecule has 19 heavy (non-hydrogen) atoms. The smallest absolute Gasteiger partial charge is 0.230 e. The lowest BCUT2D eigenvalue weighted by atomic mass is 9.94. The monoisotopic (exact) mass is 286 g/mol. The van der Waals surface area contributed by atoms with E-state index in [1.165, 1.54) is 12.8 Å². The maximum Gasteiger partial charge on any atom is 0.230 e. The van der Waals surface area contributed by atoms with Crippen molar-refractivity contribution in [3.8, 4) is 0 Å². The number of ether oxygens (including phenoxy) is 1. The Hall–Kier alpha value is -0.260. The molecule has 0 aromatic rings. The Morgan fingerprint density at radius 2 is 2.11 bits per heavy atom. The lowest BCUT2D eigenvalue weighted by Crippen LogP contribution is -2.46. The number of carbonyl (C=O) groups is 1. The summed E-state index contributed by atoms with van der Waals surface area (Å²) in [5, 5.41) is 7.16. The second kappa shape index (κ2) is 6.95. The minimum atomic E-state index is -0.0988. The predicted molar refractivity (Wildman–Crippen MR) is 79.5 cm³/mol. The number of amides is 1. The van der Waals surface area contributed by atoms with Crippen molar-refractivity contribution in [3.63, 3.8) is 0 Å². The molecule has 5 heteroatoms. The van der Waals surface area contributed by atoms with E-state index in [0.717, 1.165) is 32.5 Å². The van der Waals surface area contributed by atoms with E-state index in [1.54, 1.807) is 0 Å². The van der Waals surface area contributed by atoms with Crippen molar-refractivity contribution in [2.45, 2.75) is 56.4 Å². The van der Waals surface area contributed by atoms with Crippen LogP contribution in [0.4, 0.5) is 0 Å². The fourth-order valence-corrected chi connectivity index (χ4v) is 3.82. The highest BCUT2D eigenvalue weighted by molar-refractivity contribution is 8.00. The Balaban J connectivity index is 1.66. The van der Waals surface area contributed by atoms with Gasteiger partial charge in [0.2, 0.25) is 5.91 Å². The van der Waals surface area contributed by atoms with Gasteiger partial charge in [0.25, 0.3) is 0 Å². The van der Waals surface area contributed by atoms with Gasteiger partial charge < -0.3 is 15.4 Å². The molecule has 110 valence electrons. The molecule has 0 radical (unpaired) electrons. The molecular weight excluding hydrogens is 260 g/mol. The van der Waals surface area contributed by atoms with Crippen molar-refractivity contribution in [2.24, 2.45) is 0 Å². The van der Waals surface area contributed by atoms with E-state index in [0.29, 0.717) is 11.0 Å². The Bertz CT molecular complexity index is 304. The minimum Gasteiger partial charge on any atom is -0.375 e. The van der Waals surface area contributed by atoms with Crippen LogP contribution in [0.2, 0.25) is 0 Å². The number of hydrogen-bond donors (Lipinski definition) is 2. The zero-order valence-corrected chi connectivity index (χ0v) is 12.9. The van der Waals surface area contributed by atoms with E-state index in [-0.39, 0.29) is 17.6 Å². The van der Waals surface area contributed by atoms with Crippen molar-refractivity contribution in [1.82, 2.24) is 10.6 Å². The van der Waals surface area contributed by atoms with E-state index in [4.69, 9.17) is 4.74 Å². The molecular formula is C14H26N2O2S. The fraction of sp³-hybridized carbons (Fsp3) is 0.929. The molecule has 0 aromatic carbocycles. The van der Waals surface area contributed by atoms with Crippen molar-refractivity contribution < 1.29 is 9.53 Å². The maximum absolute atomic E-state index is 12.0. The molecule has 0 bridgehead atoms. The van der Waals surface area contributed by atoms with Gasteiger partial charge in [0.15, 0.2) is 0 Å². The number of thioether (sulfide) groups is 1. The van der Waals surface area contributed by atoms with Crippen LogP contribution in [0.3, 0.4) is 0 Å². The molecule has 0 aromatic heterocycles. The third kappa shape index (κ3) is 5.32. The van der Waals surface area contributed by atoms with Crippen LogP contribution in [0, 0.1) is 0 Å². The van der Waals surface area contributed by atoms with Crippen molar-refractivity contribution in [2.75, 3.05) is 25.4 Å². The highest BCUT2D eigenvalue weighted by Gasteiger charge is 2.29. The summed E-state index contributed by atoms with van der Waals surface area (Å²) in [4.78, 5) is 12.0. The van der Waals surface area contributed by atoms with E-state index in [2.05, 4.69) is 24.5 Å². The normalized spacial score (nSPS) is 28.0. The second-order valence-corrected chi connectivity index (χ2v) is 7.41. The Morgan fingerprint density at radius 1 is 1.37 bits per heavy atom. The Kier molecular flexibility index (Phi) is 5.54. The number of piperidine rings is 1. The summed E-state index contributed by atoms with van der Waals surface area (Å²) in [5.41, 5.74) is -0.0988. The van der Waals surface area contributed by atoms with Crippen LogP contribution in [0.1, 0.15) is 39.5 Å². The summed E-state index contributed by atoms with van der Waals surface area (Å²) in [5.74, 6) is 0.786. The van der Waals surface area contributed by atoms with Crippen LogP contribution in [0.25, 0.3) is 0 Å². The van der Waals surface area contributed by atoms with Gasteiger partial charge in [0.1, 0.15) is 0 Å². The van der Waals surface area contributed by atoms with Crippen LogP contribution in [-0.2, 0) is 9.53 Å². The van der Waals surface area contributed by atoms with Gasteiger partial charge in [-0.2, -0.15) is 0 Å². The summed E-state index contributed by atoms with van der Waals surface area (Å²) >= 11 is 1.81. The SMILES string of the molecule is CC1(C)CC(NC(=O)CSC2CCNCC2)CCO1. The third-order valence-corrected chi connectivity index (χ3v) is 5.17. The molecule has 1 atom stereocenters. The number of hydrogen-bond acceptors (Lipinski definition) is 4. The molecule has 2 aliphatic rings. The fourth-order valence-electron chi connectivity index (χ4n) is 2.78. The molecule has 0 spiro atoms. The van der Waals surface area contributed by atoms with E-state index >= 15 is 0 Å². The predicted octanol–water partition coefficient (Wildman–Crippen LogP) is 1.55. The number of carbonyl (C=O) groups excluding carboxylic acids is 1. The average molecular weight is 286 g/mol. The van der Waals surface area contributed by atoms with E-state index in [1.807, 2.05) is 11.8 Å². The summed E-state index contributed by atoms with van der Waals surface area (Å²) in [6.45, 7) is 7.12. The van der Waals surface area contributed by atoms with Crippen molar-refractivity contribution in [3.05, 3.63) is 0 Å². The number of rotatable bonds is 4. The van der Waals surface area contributed by atoms with Crippen molar-refractivity contribution in [1.29, 1.82) is 0 Å². The first-order valence-corrected chi connectivity index (χ1v) is 8.36. The van der Waals surface area contributed by atoms with Gasteiger partial charge in [-0.25, -0.2) is 0 Å². The first-order valence-electron chi connectivity index (χ1n) is 7.31. The van der Waals surface area contributed by atoms with Crippen LogP contribution >= 0.6 is 11.8 Å². The molecule has 2 saturated heterocycles. The highest BCUT2D eigenvalue weighted by Crippen LogP contribution is 2.24. The van der Waals surface area contributed by atoms with Gasteiger partial charge >= 0.3 is 0 Å². The van der Waals surface area contributed by atoms with Crippen LogP contribution < -0.4 is 10.6 Å². The standard InChI is InChI=1S/C14H26N2O2S/c1-14(2)9-11(5-8-18-14)16-13(17)10-19-12-3-6-15-7-4-12/h11-12,15H,3-10H2,1-2H3,(H,16,17). The maximum atomic E-state index is 12.0. The molecule has 2 fully saturated rings. The van der Waals surface area contributed by atoms with Crippen LogP contribution in [-0.4, -0.2) is 48.2 Å². The minimum absolute atomic E-state index is 0.0988. The average Bonchev–Trinajstić information content (AvgIpc) is 2.36. The van der Waals surface area contributed by atoms with Crippen LogP contribution in [0.15, 0.2) is 0 Å². The van der Waals surface area contributed by atoms with E-state index in [9.17, 15) is 4.79 Å². The lowest BCUT2D eigenvalue weighted by Gasteiger charge is -2.35.